The molecule has 1 aliphatic carbocycles. The fourth-order valence-corrected chi connectivity index (χ4v) is 3.00. The minimum Gasteiger partial charge on any atom is -0.341 e. The van der Waals surface area contributed by atoms with Gasteiger partial charge >= 0.3 is 0 Å². The third kappa shape index (κ3) is 4.47. The van der Waals surface area contributed by atoms with Crippen LogP contribution in [0.1, 0.15) is 51.4 Å². The summed E-state index contributed by atoms with van der Waals surface area (Å²) in [6.07, 6.45) is 9.43. The van der Waals surface area contributed by atoms with Crippen molar-refractivity contribution in [1.82, 2.24) is 4.90 Å². The first-order chi connectivity index (χ1) is 7.75. The summed E-state index contributed by atoms with van der Waals surface area (Å²) in [6, 6.07) is 0.212. The highest BCUT2D eigenvalue weighted by Gasteiger charge is 2.24. The predicted octanol–water partition coefficient (Wildman–Crippen LogP) is 2.33. The van der Waals surface area contributed by atoms with Gasteiger partial charge in [0.2, 0.25) is 5.91 Å². The monoisotopic (exact) mass is 260 g/mol. The number of nitrogens with zero attached hydrogens (tertiary/aromatic N) is 1. The van der Waals surface area contributed by atoms with Crippen LogP contribution < -0.4 is 5.73 Å². The zero-order valence-corrected chi connectivity index (χ0v) is 11.4. The summed E-state index contributed by atoms with van der Waals surface area (Å²) < 4.78 is 0. The lowest BCUT2D eigenvalue weighted by Gasteiger charge is -2.32. The Morgan fingerprint density at radius 2 is 1.82 bits per heavy atom. The van der Waals surface area contributed by atoms with Gasteiger partial charge in [0.25, 0.3) is 0 Å². The minimum atomic E-state index is 0. The van der Waals surface area contributed by atoms with Gasteiger partial charge in [-0.05, 0) is 31.6 Å². The summed E-state index contributed by atoms with van der Waals surface area (Å²) in [5, 5.41) is 0. The number of hydrogen-bond acceptors (Lipinski definition) is 2. The molecular formula is C13H25ClN2O. The summed E-state index contributed by atoms with van der Waals surface area (Å²) in [6.45, 7) is 1.71. The predicted molar refractivity (Wildman–Crippen MR) is 72.2 cm³/mol. The molecule has 0 aromatic carbocycles. The molecule has 1 atom stereocenters. The van der Waals surface area contributed by atoms with Gasteiger partial charge in [-0.15, -0.1) is 12.4 Å². The van der Waals surface area contributed by atoms with Gasteiger partial charge in [-0.1, -0.05) is 19.3 Å². The number of carbonyl (C=O) groups excluding carboxylic acids is 1. The topological polar surface area (TPSA) is 46.3 Å². The Morgan fingerprint density at radius 3 is 2.47 bits per heavy atom. The molecule has 0 aromatic rings. The van der Waals surface area contributed by atoms with E-state index in [9.17, 15) is 4.79 Å². The number of hydrogen-bond donors (Lipinski definition) is 1. The van der Waals surface area contributed by atoms with Crippen molar-refractivity contribution in [2.45, 2.75) is 57.4 Å². The SMILES string of the molecule is Cl.N[C@@H]1CCCN(C(=O)CC2CCCCC2)C1. The van der Waals surface area contributed by atoms with Crippen molar-refractivity contribution in [2.24, 2.45) is 11.7 Å². The molecular weight excluding hydrogens is 236 g/mol. The van der Waals surface area contributed by atoms with Crippen LogP contribution >= 0.6 is 12.4 Å². The fourth-order valence-electron chi connectivity index (χ4n) is 3.00. The summed E-state index contributed by atoms with van der Waals surface area (Å²) in [7, 11) is 0. The lowest BCUT2D eigenvalue weighted by atomic mass is 9.86. The van der Waals surface area contributed by atoms with Crippen molar-refractivity contribution in [3.05, 3.63) is 0 Å². The molecule has 3 nitrogen and oxygen atoms in total. The van der Waals surface area contributed by atoms with Crippen LogP contribution in [0.15, 0.2) is 0 Å². The van der Waals surface area contributed by atoms with Crippen LogP contribution in [0.3, 0.4) is 0 Å². The second kappa shape index (κ2) is 7.22. The lowest BCUT2D eigenvalue weighted by molar-refractivity contribution is -0.133. The summed E-state index contributed by atoms with van der Waals surface area (Å²) in [5.74, 6) is 1.00. The summed E-state index contributed by atoms with van der Waals surface area (Å²) >= 11 is 0. The summed E-state index contributed by atoms with van der Waals surface area (Å²) in [5.41, 5.74) is 5.90. The lowest BCUT2D eigenvalue weighted by Crippen LogP contribution is -2.46. The number of nitrogens with two attached hydrogens (primary N) is 1. The van der Waals surface area contributed by atoms with E-state index in [1.807, 2.05) is 4.90 Å². The average Bonchev–Trinajstić information content (AvgIpc) is 2.30. The maximum atomic E-state index is 12.1. The molecule has 0 spiro atoms. The number of likely N-dealkylation sites (tertiary alicyclic amines) is 1. The molecule has 1 amide bonds. The molecule has 0 unspecified atom stereocenters. The van der Waals surface area contributed by atoms with E-state index >= 15 is 0 Å². The normalized spacial score (nSPS) is 26.4. The van der Waals surface area contributed by atoms with E-state index in [2.05, 4.69) is 0 Å². The molecule has 100 valence electrons. The Labute approximate surface area is 111 Å². The fraction of sp³-hybridized carbons (Fsp3) is 0.923. The van der Waals surface area contributed by atoms with Crippen LogP contribution in [-0.2, 0) is 4.79 Å². The highest BCUT2D eigenvalue weighted by Crippen LogP contribution is 2.27. The Balaban J connectivity index is 0.00000144. The molecule has 1 saturated heterocycles. The second-order valence-corrected chi connectivity index (χ2v) is 5.45. The van der Waals surface area contributed by atoms with Gasteiger partial charge in [0.15, 0.2) is 0 Å². The smallest absolute Gasteiger partial charge is 0.222 e. The molecule has 4 heteroatoms. The van der Waals surface area contributed by atoms with Crippen LogP contribution in [0.4, 0.5) is 0 Å². The van der Waals surface area contributed by atoms with Gasteiger partial charge < -0.3 is 10.6 Å². The Bertz CT molecular complexity index is 242. The number of halogens is 1. The standard InChI is InChI=1S/C13H24N2O.ClH/c14-12-7-4-8-15(10-12)13(16)9-11-5-2-1-3-6-11;/h11-12H,1-10,14H2;1H/t12-;/m1./s1. The van der Waals surface area contributed by atoms with Crippen molar-refractivity contribution in [3.8, 4) is 0 Å². The maximum absolute atomic E-state index is 12.1. The van der Waals surface area contributed by atoms with Crippen LogP contribution in [0.5, 0.6) is 0 Å². The zero-order valence-electron chi connectivity index (χ0n) is 10.6. The van der Waals surface area contributed by atoms with E-state index in [-0.39, 0.29) is 18.4 Å². The second-order valence-electron chi connectivity index (χ2n) is 5.45. The van der Waals surface area contributed by atoms with Gasteiger partial charge in [-0.25, -0.2) is 0 Å². The molecule has 1 aliphatic heterocycles. The first kappa shape index (κ1) is 14.8. The molecule has 2 rings (SSSR count). The summed E-state index contributed by atoms with van der Waals surface area (Å²) in [4.78, 5) is 14.1. The van der Waals surface area contributed by atoms with Crippen molar-refractivity contribution < 1.29 is 4.79 Å². The van der Waals surface area contributed by atoms with E-state index in [1.165, 1.54) is 32.1 Å². The molecule has 0 radical (unpaired) electrons. The highest BCUT2D eigenvalue weighted by atomic mass is 35.5. The van der Waals surface area contributed by atoms with Crippen LogP contribution in [0, 0.1) is 5.92 Å². The molecule has 0 aromatic heterocycles. The van der Waals surface area contributed by atoms with Gasteiger partial charge in [0, 0.05) is 25.6 Å². The van der Waals surface area contributed by atoms with Gasteiger partial charge in [-0.3, -0.25) is 4.79 Å². The van der Waals surface area contributed by atoms with Gasteiger partial charge in [0.1, 0.15) is 0 Å². The molecule has 2 N–H and O–H groups in total. The molecule has 2 fully saturated rings. The zero-order chi connectivity index (χ0) is 11.4. The molecule has 1 saturated carbocycles. The largest absolute Gasteiger partial charge is 0.341 e. The van der Waals surface area contributed by atoms with E-state index < -0.39 is 0 Å². The molecule has 0 bridgehead atoms. The van der Waals surface area contributed by atoms with Crippen molar-refractivity contribution in [1.29, 1.82) is 0 Å². The van der Waals surface area contributed by atoms with Crippen LogP contribution in [0.25, 0.3) is 0 Å². The van der Waals surface area contributed by atoms with Crippen molar-refractivity contribution >= 4 is 18.3 Å². The number of amides is 1. The van der Waals surface area contributed by atoms with E-state index in [0.29, 0.717) is 11.8 Å². The van der Waals surface area contributed by atoms with Crippen LogP contribution in [0.2, 0.25) is 0 Å². The molecule has 17 heavy (non-hydrogen) atoms. The maximum Gasteiger partial charge on any atom is 0.222 e. The average molecular weight is 261 g/mol. The number of rotatable bonds is 2. The number of piperidine rings is 1. The van der Waals surface area contributed by atoms with E-state index in [1.54, 1.807) is 0 Å². The highest BCUT2D eigenvalue weighted by molar-refractivity contribution is 5.85. The van der Waals surface area contributed by atoms with E-state index in [0.717, 1.165) is 32.4 Å². The first-order valence-electron chi connectivity index (χ1n) is 6.79. The third-order valence-corrected chi connectivity index (χ3v) is 4.00. The van der Waals surface area contributed by atoms with Crippen molar-refractivity contribution in [3.63, 3.8) is 0 Å². The Morgan fingerprint density at radius 1 is 1.12 bits per heavy atom. The minimum absolute atomic E-state index is 0. The third-order valence-electron chi connectivity index (χ3n) is 4.00. The first-order valence-corrected chi connectivity index (χ1v) is 6.79. The molecule has 1 heterocycles. The van der Waals surface area contributed by atoms with Gasteiger partial charge in [0.05, 0.1) is 0 Å². The van der Waals surface area contributed by atoms with Crippen molar-refractivity contribution in [2.75, 3.05) is 13.1 Å². The molecule has 2 aliphatic rings. The Hall–Kier alpha value is -0.280. The Kier molecular flexibility index (Phi) is 6.28. The van der Waals surface area contributed by atoms with Gasteiger partial charge in [-0.2, -0.15) is 0 Å². The van der Waals surface area contributed by atoms with E-state index in [4.69, 9.17) is 5.73 Å². The van der Waals surface area contributed by atoms with Crippen LogP contribution in [-0.4, -0.2) is 29.9 Å². The number of carbonyl (C=O) groups is 1. The quantitative estimate of drug-likeness (QED) is 0.828.